The van der Waals surface area contributed by atoms with Crippen molar-refractivity contribution in [3.63, 3.8) is 0 Å². The van der Waals surface area contributed by atoms with Crippen molar-refractivity contribution in [3.05, 3.63) is 21.3 Å². The summed E-state index contributed by atoms with van der Waals surface area (Å²) in [6, 6.07) is -1.01. The quantitative estimate of drug-likeness (QED) is 0.0900. The molecule has 0 saturated carbocycles. The third kappa shape index (κ3) is 4.97. The number of nitrogens with two attached hydrogens (primary N) is 1. The smallest absolute Gasteiger partial charge is 0.352 e. The minimum absolute atomic E-state index is 0.0303. The van der Waals surface area contributed by atoms with Crippen molar-refractivity contribution >= 4 is 75.1 Å². The predicted octanol–water partition coefficient (Wildman–Crippen LogP) is -0.213. The summed E-state index contributed by atoms with van der Waals surface area (Å²) in [6.45, 7) is -0.222. The van der Waals surface area contributed by atoms with E-state index in [4.69, 9.17) is 28.6 Å². The van der Waals surface area contributed by atoms with Crippen LogP contribution in [0.2, 0.25) is 4.34 Å². The molecule has 2 aliphatic rings. The van der Waals surface area contributed by atoms with E-state index >= 15 is 0 Å². The van der Waals surface area contributed by atoms with Crippen LogP contribution in [0.3, 0.4) is 0 Å². The maximum atomic E-state index is 13.0. The fourth-order valence-corrected chi connectivity index (χ4v) is 6.55. The number of carboxylic acid groups (broad SMARTS) is 1. The molecule has 4 N–H and O–H groups in total. The molecule has 1 fully saturated rings. The number of hydrogen-bond acceptors (Lipinski definition) is 13. The van der Waals surface area contributed by atoms with Crippen molar-refractivity contribution in [1.82, 2.24) is 35.4 Å². The number of aryl methyl sites for hydroxylation is 1. The van der Waals surface area contributed by atoms with Crippen LogP contribution in [0.25, 0.3) is 0 Å². The highest BCUT2D eigenvalue weighted by Crippen LogP contribution is 2.41. The Kier molecular flexibility index (Phi) is 7.68. The number of hydrogen-bond donors (Lipinski definition) is 3. The number of amides is 2. The van der Waals surface area contributed by atoms with E-state index in [1.54, 1.807) is 7.05 Å². The maximum Gasteiger partial charge on any atom is 0.352 e. The van der Waals surface area contributed by atoms with Crippen LogP contribution in [0.1, 0.15) is 5.69 Å². The maximum absolute atomic E-state index is 13.0. The van der Waals surface area contributed by atoms with E-state index in [1.165, 1.54) is 28.2 Å². The van der Waals surface area contributed by atoms with Gasteiger partial charge in [0.25, 0.3) is 11.8 Å². The molecule has 2 atom stereocenters. The van der Waals surface area contributed by atoms with Gasteiger partial charge in [0.15, 0.2) is 17.5 Å². The predicted molar refractivity (Wildman–Crippen MR) is 132 cm³/mol. The first-order valence-corrected chi connectivity index (χ1v) is 13.1. The second-order valence-electron chi connectivity index (χ2n) is 7.08. The Balaban J connectivity index is 1.51. The van der Waals surface area contributed by atoms with Crippen molar-refractivity contribution in [2.24, 2.45) is 12.2 Å². The van der Waals surface area contributed by atoms with Crippen LogP contribution < -0.4 is 11.1 Å². The molecule has 1 unspecified atom stereocenters. The van der Waals surface area contributed by atoms with Gasteiger partial charge < -0.3 is 21.0 Å². The van der Waals surface area contributed by atoms with Crippen molar-refractivity contribution in [2.75, 3.05) is 23.8 Å². The van der Waals surface area contributed by atoms with Gasteiger partial charge >= 0.3 is 5.97 Å². The zero-order valence-electron chi connectivity index (χ0n) is 18.2. The molecule has 0 radical (unpaired) electrons. The van der Waals surface area contributed by atoms with E-state index in [1.807, 2.05) is 0 Å². The molecule has 2 aromatic heterocycles. The fraction of sp³-hybridized carbons (Fsp3) is 0.333. The zero-order valence-corrected chi connectivity index (χ0v) is 21.4. The molecule has 0 bridgehead atoms. The number of thiazole rings is 1. The highest BCUT2D eigenvalue weighted by molar-refractivity contribution is 8.01. The number of terminal acetylenes is 1. The van der Waals surface area contributed by atoms with E-state index < -0.39 is 29.2 Å². The van der Waals surface area contributed by atoms with Crippen LogP contribution in [-0.2, 0) is 26.3 Å². The number of anilines is 1. The molecule has 2 aromatic rings. The highest BCUT2D eigenvalue weighted by atomic mass is 35.5. The molecule has 18 heteroatoms. The number of tetrazole rings is 1. The number of carbonyl (C=O) groups is 3. The molecule has 14 nitrogen and oxygen atoms in total. The normalized spacial score (nSPS) is 19.4. The van der Waals surface area contributed by atoms with E-state index in [2.05, 4.69) is 36.9 Å². The number of oxime groups is 1. The minimum Gasteiger partial charge on any atom is -0.477 e. The summed E-state index contributed by atoms with van der Waals surface area (Å²) in [4.78, 5) is 48.1. The van der Waals surface area contributed by atoms with Gasteiger partial charge in [0.2, 0.25) is 5.16 Å². The Bertz CT molecular complexity index is 1330. The van der Waals surface area contributed by atoms with Gasteiger partial charge in [-0.3, -0.25) is 14.5 Å². The molecule has 1 saturated heterocycles. The second-order valence-corrected chi connectivity index (χ2v) is 10.8. The topological polar surface area (TPSA) is 191 Å². The number of fused-ring (bicyclic) bond motifs is 1. The lowest BCUT2D eigenvalue weighted by Crippen LogP contribution is -2.71. The number of nitrogen functional groups attached to an aromatic ring is 1. The van der Waals surface area contributed by atoms with Crippen LogP contribution >= 0.6 is 46.5 Å². The third-order valence-electron chi connectivity index (χ3n) is 4.84. The van der Waals surface area contributed by atoms with Gasteiger partial charge in [-0.1, -0.05) is 45.8 Å². The average Bonchev–Trinajstić information content (AvgIpc) is 3.41. The first-order chi connectivity index (χ1) is 17.2. The van der Waals surface area contributed by atoms with Gasteiger partial charge in [0.05, 0.1) is 0 Å². The number of nitrogens with one attached hydrogen (secondary N) is 1. The lowest BCUT2D eigenvalue weighted by atomic mass is 10.0. The summed E-state index contributed by atoms with van der Waals surface area (Å²) >= 11 is 9.61. The van der Waals surface area contributed by atoms with Crippen molar-refractivity contribution in [3.8, 4) is 12.3 Å². The van der Waals surface area contributed by atoms with Crippen molar-refractivity contribution in [1.29, 1.82) is 0 Å². The molecule has 0 aliphatic carbocycles. The average molecular weight is 570 g/mol. The third-order valence-corrected chi connectivity index (χ3v) is 8.36. The summed E-state index contributed by atoms with van der Waals surface area (Å²) < 4.78 is 1.55. The van der Waals surface area contributed by atoms with Gasteiger partial charge in [-0.2, -0.15) is 0 Å². The van der Waals surface area contributed by atoms with E-state index in [0.29, 0.717) is 16.5 Å². The monoisotopic (exact) mass is 569 g/mol. The summed E-state index contributed by atoms with van der Waals surface area (Å²) in [5.41, 5.74) is 5.72. The van der Waals surface area contributed by atoms with E-state index in [0.717, 1.165) is 16.2 Å². The van der Waals surface area contributed by atoms with Gasteiger partial charge in [-0.05, 0) is 16.0 Å². The summed E-state index contributed by atoms with van der Waals surface area (Å²) in [5.74, 6) is 0.146. The first kappa shape index (κ1) is 25.8. The van der Waals surface area contributed by atoms with E-state index in [9.17, 15) is 19.5 Å². The first-order valence-electron chi connectivity index (χ1n) is 9.84. The molecular weight excluding hydrogens is 554 g/mol. The van der Waals surface area contributed by atoms with Gasteiger partial charge in [-0.15, -0.1) is 23.3 Å². The van der Waals surface area contributed by atoms with Crippen molar-refractivity contribution in [2.45, 2.75) is 16.6 Å². The molecule has 2 amide bonds. The number of aromatic nitrogens is 5. The van der Waals surface area contributed by atoms with Crippen molar-refractivity contribution < 1.29 is 24.3 Å². The Labute approximate surface area is 220 Å². The summed E-state index contributed by atoms with van der Waals surface area (Å²) in [5, 5.41) is 27.2. The van der Waals surface area contributed by atoms with Gasteiger partial charge in [-0.25, -0.2) is 14.5 Å². The molecule has 4 rings (SSSR count). The Hall–Kier alpha value is -3.33. The number of rotatable bonds is 9. The molecule has 0 aromatic carbocycles. The van der Waals surface area contributed by atoms with Crippen LogP contribution in [-0.4, -0.2) is 88.2 Å². The molecule has 2 aliphatic heterocycles. The standard InChI is InChI=1S/C18H16ClN9O5S3/c1-3-4-33-24-9(8-12(19)36-17(20)22-8)13(29)21-10-14(30)28-11(16(31)32)7(5-34-15(10)28)6-35-18-23-25-26-27(18)2/h1,10,15H,4-6H2,2H3,(H2,20,22)(H,21,29)(H,31,32)/b24-9-/t10?,15-/m1/s1. The molecule has 0 spiro atoms. The van der Waals surface area contributed by atoms with Crippen LogP contribution in [0.5, 0.6) is 0 Å². The number of halogens is 1. The van der Waals surface area contributed by atoms with E-state index in [-0.39, 0.29) is 38.9 Å². The molecule has 188 valence electrons. The van der Waals surface area contributed by atoms with Crippen LogP contribution in [0, 0.1) is 12.3 Å². The lowest BCUT2D eigenvalue weighted by Gasteiger charge is -2.49. The Morgan fingerprint density at radius 3 is 2.89 bits per heavy atom. The number of carbonyl (C=O) groups excluding carboxylic acids is 2. The summed E-state index contributed by atoms with van der Waals surface area (Å²) in [6.07, 6.45) is 5.15. The summed E-state index contributed by atoms with van der Waals surface area (Å²) in [7, 11) is 1.66. The lowest BCUT2D eigenvalue weighted by molar-refractivity contribution is -0.150. The molecule has 36 heavy (non-hydrogen) atoms. The number of carboxylic acids is 1. The Morgan fingerprint density at radius 2 is 2.28 bits per heavy atom. The highest BCUT2D eigenvalue weighted by Gasteiger charge is 2.54. The van der Waals surface area contributed by atoms with Gasteiger partial charge in [0.1, 0.15) is 27.1 Å². The largest absolute Gasteiger partial charge is 0.477 e. The molecule has 4 heterocycles. The minimum atomic E-state index is -1.25. The number of β-lactam (4-membered cyclic amide) rings is 1. The van der Waals surface area contributed by atoms with Crippen LogP contribution in [0.4, 0.5) is 5.13 Å². The number of nitrogens with zero attached hydrogens (tertiary/aromatic N) is 7. The SMILES string of the molecule is C#CCO/N=C(\C(=O)NC1C(=O)N2C(C(=O)O)=C(CSc3nnnn3C)CS[C@H]12)c1nc(N)sc1Cl. The number of thioether (sulfide) groups is 2. The van der Waals surface area contributed by atoms with Crippen LogP contribution in [0.15, 0.2) is 21.6 Å². The fourth-order valence-electron chi connectivity index (χ4n) is 3.29. The number of aliphatic carboxylic acids is 1. The van der Waals surface area contributed by atoms with Gasteiger partial charge in [0, 0.05) is 18.6 Å². The second kappa shape index (κ2) is 10.7. The zero-order chi connectivity index (χ0) is 26.0. The molecular formula is C18H16ClN9O5S3. The Morgan fingerprint density at radius 1 is 1.50 bits per heavy atom.